The Labute approximate surface area is 123 Å². The molecule has 2 aliphatic rings. The lowest BCUT2D eigenvalue weighted by molar-refractivity contribution is -0.160. The second-order valence-corrected chi connectivity index (χ2v) is 5.78. The number of benzene rings is 1. The quantitative estimate of drug-likeness (QED) is 0.895. The van der Waals surface area contributed by atoms with Gasteiger partial charge in [0.1, 0.15) is 0 Å². The number of hydrogen-bond donors (Lipinski definition) is 1. The summed E-state index contributed by atoms with van der Waals surface area (Å²) in [5, 5.41) is 9.12. The lowest BCUT2D eigenvalue weighted by Gasteiger charge is -2.35. The van der Waals surface area contributed by atoms with Crippen molar-refractivity contribution in [3.63, 3.8) is 0 Å². The molecule has 0 spiro atoms. The minimum absolute atomic E-state index is 0.0739. The molecule has 1 aliphatic heterocycles. The summed E-state index contributed by atoms with van der Waals surface area (Å²) < 4.78 is 5.36. The van der Waals surface area contributed by atoms with Crippen LogP contribution in [0.5, 0.6) is 0 Å². The maximum atomic E-state index is 12.8. The van der Waals surface area contributed by atoms with Crippen molar-refractivity contribution in [2.24, 2.45) is 0 Å². The predicted molar refractivity (Wildman–Crippen MR) is 76.3 cm³/mol. The van der Waals surface area contributed by atoms with Crippen molar-refractivity contribution >= 4 is 11.9 Å². The van der Waals surface area contributed by atoms with Crippen LogP contribution in [0.3, 0.4) is 0 Å². The molecule has 1 amide bonds. The van der Waals surface area contributed by atoms with Gasteiger partial charge in [-0.25, -0.2) is 4.79 Å². The van der Waals surface area contributed by atoms with Gasteiger partial charge in [-0.1, -0.05) is 12.1 Å². The highest BCUT2D eigenvalue weighted by atomic mass is 16.5. The average Bonchev–Trinajstić information content (AvgIpc) is 2.94. The van der Waals surface area contributed by atoms with Gasteiger partial charge in [0.15, 0.2) is 6.10 Å². The molecule has 0 radical (unpaired) electrons. The molecule has 2 atom stereocenters. The number of rotatable bonds is 2. The van der Waals surface area contributed by atoms with Crippen molar-refractivity contribution in [2.45, 2.75) is 38.4 Å². The number of nitrogens with zero attached hydrogens (tertiary/aromatic N) is 1. The number of morpholine rings is 1. The van der Waals surface area contributed by atoms with Gasteiger partial charge in [0.05, 0.1) is 12.6 Å². The molecule has 0 bridgehead atoms. The van der Waals surface area contributed by atoms with Crippen LogP contribution in [0.15, 0.2) is 18.2 Å². The van der Waals surface area contributed by atoms with E-state index in [1.54, 1.807) is 11.8 Å². The first-order chi connectivity index (χ1) is 10.1. The molecule has 3 rings (SSSR count). The van der Waals surface area contributed by atoms with Gasteiger partial charge < -0.3 is 14.7 Å². The summed E-state index contributed by atoms with van der Waals surface area (Å²) in [5.41, 5.74) is 3.11. The fraction of sp³-hybridized carbons (Fsp3) is 0.500. The Morgan fingerprint density at radius 1 is 1.29 bits per heavy atom. The van der Waals surface area contributed by atoms with Crippen molar-refractivity contribution in [2.75, 3.05) is 13.1 Å². The standard InChI is InChI=1S/C16H19NO4/c1-10-8-17(9-14(21-10)16(19)20)15(18)13-7-3-5-11-4-2-6-12(11)13/h3,5,7,10,14H,2,4,6,8-9H2,1H3,(H,19,20)/t10-,14?/m1/s1. The van der Waals surface area contributed by atoms with E-state index in [9.17, 15) is 9.59 Å². The molecule has 1 unspecified atom stereocenters. The van der Waals surface area contributed by atoms with E-state index in [1.165, 1.54) is 5.56 Å². The number of fused-ring (bicyclic) bond motifs is 1. The Bertz CT molecular complexity index is 584. The smallest absolute Gasteiger partial charge is 0.334 e. The molecule has 1 aliphatic carbocycles. The number of carbonyl (C=O) groups excluding carboxylic acids is 1. The van der Waals surface area contributed by atoms with Gasteiger partial charge in [0.2, 0.25) is 0 Å². The van der Waals surface area contributed by atoms with Gasteiger partial charge >= 0.3 is 5.97 Å². The number of amides is 1. The van der Waals surface area contributed by atoms with Crippen molar-refractivity contribution < 1.29 is 19.4 Å². The summed E-state index contributed by atoms with van der Waals surface area (Å²) in [4.78, 5) is 25.5. The second kappa shape index (κ2) is 5.48. The van der Waals surface area contributed by atoms with Gasteiger partial charge in [0.25, 0.3) is 5.91 Å². The fourth-order valence-corrected chi connectivity index (χ4v) is 3.24. The van der Waals surface area contributed by atoms with Crippen LogP contribution in [0.1, 0.15) is 34.8 Å². The monoisotopic (exact) mass is 289 g/mol. The highest BCUT2D eigenvalue weighted by molar-refractivity contribution is 5.96. The van der Waals surface area contributed by atoms with Gasteiger partial charge in [-0.3, -0.25) is 4.79 Å². The number of carboxylic acids is 1. The molecule has 1 N–H and O–H groups in total. The SMILES string of the molecule is C[C@@H]1CN(C(=O)c2cccc3c2CCC3)CC(C(=O)O)O1. The third-order valence-electron chi connectivity index (χ3n) is 4.20. The van der Waals surface area contributed by atoms with E-state index in [4.69, 9.17) is 9.84 Å². The molecular weight excluding hydrogens is 270 g/mol. The summed E-state index contributed by atoms with van der Waals surface area (Å²) in [6, 6.07) is 5.83. The minimum Gasteiger partial charge on any atom is -0.479 e. The Hall–Kier alpha value is -1.88. The van der Waals surface area contributed by atoms with Crippen LogP contribution in [0.25, 0.3) is 0 Å². The molecule has 1 aromatic rings. The van der Waals surface area contributed by atoms with E-state index >= 15 is 0 Å². The van der Waals surface area contributed by atoms with Crippen molar-refractivity contribution in [1.29, 1.82) is 0 Å². The Kier molecular flexibility index (Phi) is 3.68. The normalized spacial score (nSPS) is 24.7. The van der Waals surface area contributed by atoms with Crippen molar-refractivity contribution in [3.8, 4) is 0 Å². The average molecular weight is 289 g/mol. The second-order valence-electron chi connectivity index (χ2n) is 5.78. The number of ether oxygens (including phenoxy) is 1. The highest BCUT2D eigenvalue weighted by Crippen LogP contribution is 2.27. The summed E-state index contributed by atoms with van der Waals surface area (Å²) in [5.74, 6) is -1.09. The molecule has 1 fully saturated rings. The van der Waals surface area contributed by atoms with Crippen LogP contribution in [0.4, 0.5) is 0 Å². The predicted octanol–water partition coefficient (Wildman–Crippen LogP) is 1.49. The number of carboxylic acid groups (broad SMARTS) is 1. The Morgan fingerprint density at radius 3 is 2.86 bits per heavy atom. The molecule has 0 saturated carbocycles. The number of aliphatic carboxylic acids is 1. The van der Waals surface area contributed by atoms with Crippen LogP contribution in [-0.2, 0) is 22.4 Å². The lowest BCUT2D eigenvalue weighted by Crippen LogP contribution is -2.51. The summed E-state index contributed by atoms with van der Waals surface area (Å²) in [6.07, 6.45) is 1.83. The molecule has 1 aromatic carbocycles. The zero-order valence-electron chi connectivity index (χ0n) is 12.0. The first-order valence-electron chi connectivity index (χ1n) is 7.34. The van der Waals surface area contributed by atoms with Crippen LogP contribution >= 0.6 is 0 Å². The molecule has 1 heterocycles. The zero-order valence-corrected chi connectivity index (χ0v) is 12.0. The third kappa shape index (κ3) is 2.65. The summed E-state index contributed by atoms with van der Waals surface area (Å²) in [6.45, 7) is 2.35. The van der Waals surface area contributed by atoms with Gasteiger partial charge in [-0.2, -0.15) is 0 Å². The molecule has 1 saturated heterocycles. The van der Waals surface area contributed by atoms with Crippen molar-refractivity contribution in [3.05, 3.63) is 34.9 Å². The van der Waals surface area contributed by atoms with E-state index in [0.29, 0.717) is 6.54 Å². The molecule has 0 aromatic heterocycles. The van der Waals surface area contributed by atoms with E-state index in [-0.39, 0.29) is 18.6 Å². The van der Waals surface area contributed by atoms with Crippen LogP contribution in [0.2, 0.25) is 0 Å². The van der Waals surface area contributed by atoms with E-state index in [1.807, 2.05) is 12.1 Å². The molecule has 5 heteroatoms. The summed E-state index contributed by atoms with van der Waals surface area (Å²) in [7, 11) is 0. The van der Waals surface area contributed by atoms with Gasteiger partial charge in [-0.15, -0.1) is 0 Å². The molecule has 21 heavy (non-hydrogen) atoms. The zero-order chi connectivity index (χ0) is 15.0. The highest BCUT2D eigenvalue weighted by Gasteiger charge is 2.34. The third-order valence-corrected chi connectivity index (χ3v) is 4.20. The maximum Gasteiger partial charge on any atom is 0.334 e. The molecular formula is C16H19NO4. The first kappa shape index (κ1) is 14.1. The van der Waals surface area contributed by atoms with Crippen LogP contribution in [-0.4, -0.2) is 47.2 Å². The molecule has 112 valence electrons. The first-order valence-corrected chi connectivity index (χ1v) is 7.34. The Morgan fingerprint density at radius 2 is 2.10 bits per heavy atom. The van der Waals surface area contributed by atoms with E-state index < -0.39 is 12.1 Å². The van der Waals surface area contributed by atoms with Crippen LogP contribution in [0, 0.1) is 0 Å². The maximum absolute atomic E-state index is 12.8. The van der Waals surface area contributed by atoms with E-state index in [2.05, 4.69) is 6.07 Å². The van der Waals surface area contributed by atoms with Gasteiger partial charge in [0, 0.05) is 12.1 Å². The Balaban J connectivity index is 1.85. The topological polar surface area (TPSA) is 66.8 Å². The molecule has 5 nitrogen and oxygen atoms in total. The van der Waals surface area contributed by atoms with Crippen LogP contribution < -0.4 is 0 Å². The number of hydrogen-bond acceptors (Lipinski definition) is 3. The van der Waals surface area contributed by atoms with E-state index in [0.717, 1.165) is 30.4 Å². The number of carbonyl (C=O) groups is 2. The fourth-order valence-electron chi connectivity index (χ4n) is 3.24. The van der Waals surface area contributed by atoms with Crippen molar-refractivity contribution in [1.82, 2.24) is 4.90 Å². The number of aryl methyl sites for hydroxylation is 1. The summed E-state index contributed by atoms with van der Waals surface area (Å²) >= 11 is 0. The van der Waals surface area contributed by atoms with Gasteiger partial charge in [-0.05, 0) is 43.4 Å². The lowest BCUT2D eigenvalue weighted by atomic mass is 10.0. The largest absolute Gasteiger partial charge is 0.479 e. The minimum atomic E-state index is -1.02.